The minimum atomic E-state index is -3.96. The van der Waals surface area contributed by atoms with E-state index in [0.717, 1.165) is 24.5 Å². The van der Waals surface area contributed by atoms with Gasteiger partial charge in [-0.25, -0.2) is 13.6 Å². The quantitative estimate of drug-likeness (QED) is 0.389. The number of halogens is 3. The second-order valence-corrected chi connectivity index (χ2v) is 10.4. The van der Waals surface area contributed by atoms with Crippen LogP contribution in [-0.4, -0.2) is 20.9 Å². The molecule has 3 aromatic carbocycles. The number of benzene rings is 3. The van der Waals surface area contributed by atoms with Crippen molar-refractivity contribution in [3.8, 4) is 23.3 Å². The summed E-state index contributed by atoms with van der Waals surface area (Å²) in [6.07, 6.45) is 2.02. The molecule has 1 aliphatic carbocycles. The zero-order valence-corrected chi connectivity index (χ0v) is 20.8. The Kier molecular flexibility index (Phi) is 7.38. The second kappa shape index (κ2) is 10.3. The smallest absolute Gasteiger partial charge is 0.262 e. The predicted molar refractivity (Wildman–Crippen MR) is 132 cm³/mol. The zero-order chi connectivity index (χ0) is 26.0. The van der Waals surface area contributed by atoms with Gasteiger partial charge in [0.2, 0.25) is 15.8 Å². The number of nitrogens with zero attached hydrogens (tertiary/aromatic N) is 1. The molecule has 8 nitrogen and oxygen atoms in total. The Morgan fingerprint density at radius 2 is 1.89 bits per heavy atom. The molecule has 3 aromatic rings. The first kappa shape index (κ1) is 25.7. The molecule has 0 bridgehead atoms. The molecule has 0 spiro atoms. The molecular formula is C24H18Cl2FN3O5S. The fourth-order valence-corrected chi connectivity index (χ4v) is 4.36. The van der Waals surface area contributed by atoms with Gasteiger partial charge in [0.05, 0.1) is 32.3 Å². The number of nitrogens with two attached hydrogens (primary N) is 1. The van der Waals surface area contributed by atoms with Crippen molar-refractivity contribution in [2.45, 2.75) is 23.7 Å². The predicted octanol–water partition coefficient (Wildman–Crippen LogP) is 5.34. The highest BCUT2D eigenvalue weighted by atomic mass is 35.5. The van der Waals surface area contributed by atoms with Gasteiger partial charge in [-0.05, 0) is 72.9 Å². The number of hydrogen-bond acceptors (Lipinski definition) is 6. The lowest BCUT2D eigenvalue weighted by atomic mass is 10.1. The number of amides is 1. The molecule has 186 valence electrons. The summed E-state index contributed by atoms with van der Waals surface area (Å²) in [5.41, 5.74) is 1.42. The van der Waals surface area contributed by atoms with Crippen molar-refractivity contribution in [3.63, 3.8) is 0 Å². The van der Waals surface area contributed by atoms with E-state index >= 15 is 4.39 Å². The van der Waals surface area contributed by atoms with E-state index in [1.807, 2.05) is 0 Å². The van der Waals surface area contributed by atoms with Gasteiger partial charge in [0.25, 0.3) is 5.91 Å². The van der Waals surface area contributed by atoms with Crippen LogP contribution >= 0.6 is 23.2 Å². The molecule has 1 saturated carbocycles. The van der Waals surface area contributed by atoms with Gasteiger partial charge >= 0.3 is 0 Å². The van der Waals surface area contributed by atoms with Crippen LogP contribution in [0.15, 0.2) is 53.4 Å². The number of nitriles is 1. The number of sulfonamides is 1. The van der Waals surface area contributed by atoms with Gasteiger partial charge < -0.3 is 14.8 Å². The van der Waals surface area contributed by atoms with Crippen molar-refractivity contribution >= 4 is 44.8 Å². The number of carbonyl (C=O) groups is 1. The SMILES string of the molecule is N#Cc1cc(Oc2c(Cl)ccc(OCC(=O)Nc3ccc(S(N)(=O)=O)cc3Cl)c2F)cc(C2CC2)c1. The number of nitrogens with one attached hydrogen (secondary N) is 1. The van der Waals surface area contributed by atoms with E-state index in [2.05, 4.69) is 11.4 Å². The van der Waals surface area contributed by atoms with Gasteiger partial charge in [0, 0.05) is 0 Å². The molecule has 0 saturated heterocycles. The first-order valence-corrected chi connectivity index (χ1v) is 12.8. The van der Waals surface area contributed by atoms with Gasteiger partial charge in [0.15, 0.2) is 18.1 Å². The molecule has 0 aromatic heterocycles. The molecule has 0 unspecified atom stereocenters. The summed E-state index contributed by atoms with van der Waals surface area (Å²) in [6, 6.07) is 13.2. The second-order valence-electron chi connectivity index (χ2n) is 7.99. The monoisotopic (exact) mass is 549 g/mol. The topological polar surface area (TPSA) is 132 Å². The largest absolute Gasteiger partial charge is 0.481 e. The third kappa shape index (κ3) is 6.06. The van der Waals surface area contributed by atoms with Crippen molar-refractivity contribution in [3.05, 3.63) is 75.5 Å². The average molecular weight is 550 g/mol. The molecule has 1 fully saturated rings. The molecule has 12 heteroatoms. The van der Waals surface area contributed by atoms with Crippen LogP contribution < -0.4 is 19.9 Å². The maximum Gasteiger partial charge on any atom is 0.262 e. The fraction of sp³-hybridized carbons (Fsp3) is 0.167. The molecule has 4 rings (SSSR count). The van der Waals surface area contributed by atoms with Crippen LogP contribution in [0.4, 0.5) is 10.1 Å². The van der Waals surface area contributed by atoms with Crippen LogP contribution in [0.3, 0.4) is 0 Å². The Morgan fingerprint density at radius 3 is 2.53 bits per heavy atom. The lowest BCUT2D eigenvalue weighted by Crippen LogP contribution is -2.21. The van der Waals surface area contributed by atoms with E-state index in [1.165, 1.54) is 30.3 Å². The van der Waals surface area contributed by atoms with Gasteiger partial charge in [0.1, 0.15) is 5.75 Å². The summed E-state index contributed by atoms with van der Waals surface area (Å²) < 4.78 is 48.9. The lowest BCUT2D eigenvalue weighted by Gasteiger charge is -2.14. The average Bonchev–Trinajstić information content (AvgIpc) is 3.67. The van der Waals surface area contributed by atoms with Gasteiger partial charge in [-0.15, -0.1) is 0 Å². The van der Waals surface area contributed by atoms with E-state index < -0.39 is 28.4 Å². The van der Waals surface area contributed by atoms with E-state index in [1.54, 1.807) is 12.1 Å². The van der Waals surface area contributed by atoms with Gasteiger partial charge in [-0.2, -0.15) is 9.65 Å². The van der Waals surface area contributed by atoms with E-state index in [0.29, 0.717) is 11.5 Å². The summed E-state index contributed by atoms with van der Waals surface area (Å²) in [7, 11) is -3.96. The highest BCUT2D eigenvalue weighted by Crippen LogP contribution is 2.43. The summed E-state index contributed by atoms with van der Waals surface area (Å²) in [5.74, 6) is -1.62. The number of primary sulfonamides is 1. The number of hydrogen-bond donors (Lipinski definition) is 2. The molecular weight excluding hydrogens is 532 g/mol. The van der Waals surface area contributed by atoms with Crippen molar-refractivity contribution in [1.82, 2.24) is 0 Å². The van der Waals surface area contributed by atoms with E-state index in [4.69, 9.17) is 37.8 Å². The van der Waals surface area contributed by atoms with Crippen LogP contribution in [0.2, 0.25) is 10.0 Å². The molecule has 36 heavy (non-hydrogen) atoms. The van der Waals surface area contributed by atoms with Crippen molar-refractivity contribution in [1.29, 1.82) is 5.26 Å². The van der Waals surface area contributed by atoms with Crippen molar-refractivity contribution in [2.75, 3.05) is 11.9 Å². The Morgan fingerprint density at radius 1 is 1.14 bits per heavy atom. The van der Waals surface area contributed by atoms with Crippen molar-refractivity contribution in [2.24, 2.45) is 5.14 Å². The first-order valence-electron chi connectivity index (χ1n) is 10.5. The van der Waals surface area contributed by atoms with E-state index in [9.17, 15) is 18.5 Å². The minimum absolute atomic E-state index is 0.0265. The Labute approximate surface area is 216 Å². The lowest BCUT2D eigenvalue weighted by molar-refractivity contribution is -0.118. The molecule has 0 heterocycles. The Balaban J connectivity index is 1.47. The number of ether oxygens (including phenoxy) is 2. The molecule has 1 amide bonds. The van der Waals surface area contributed by atoms with Crippen LogP contribution in [0.5, 0.6) is 17.2 Å². The normalized spacial score (nSPS) is 13.1. The first-order chi connectivity index (χ1) is 17.0. The summed E-state index contributed by atoms with van der Waals surface area (Å²) in [6.45, 7) is -0.596. The minimum Gasteiger partial charge on any atom is -0.481 e. The number of carbonyl (C=O) groups excluding carboxylic acids is 1. The molecule has 0 atom stereocenters. The maximum absolute atomic E-state index is 15.1. The fourth-order valence-electron chi connectivity index (χ4n) is 3.34. The molecule has 3 N–H and O–H groups in total. The maximum atomic E-state index is 15.1. The van der Waals surface area contributed by atoms with E-state index in [-0.39, 0.29) is 37.9 Å². The summed E-state index contributed by atoms with van der Waals surface area (Å²) in [4.78, 5) is 12.1. The number of anilines is 1. The highest BCUT2D eigenvalue weighted by Gasteiger charge is 2.25. The summed E-state index contributed by atoms with van der Waals surface area (Å²) >= 11 is 12.1. The van der Waals surface area contributed by atoms with Crippen LogP contribution in [-0.2, 0) is 14.8 Å². The molecule has 0 aliphatic heterocycles. The highest BCUT2D eigenvalue weighted by molar-refractivity contribution is 7.89. The van der Waals surface area contributed by atoms with Crippen LogP contribution in [0.25, 0.3) is 0 Å². The van der Waals surface area contributed by atoms with Crippen LogP contribution in [0.1, 0.15) is 29.9 Å². The number of rotatable bonds is 8. The third-order valence-corrected chi connectivity index (χ3v) is 6.76. The van der Waals surface area contributed by atoms with Gasteiger partial charge in [-0.1, -0.05) is 23.2 Å². The Hall–Kier alpha value is -3.36. The third-order valence-electron chi connectivity index (χ3n) is 5.24. The molecule has 1 aliphatic rings. The van der Waals surface area contributed by atoms with Crippen molar-refractivity contribution < 1.29 is 27.1 Å². The standard InChI is InChI=1S/C24H18Cl2FN3O5S/c25-18-4-6-21(34-12-22(31)30-20-5-3-17(10-19(20)26)36(29,32)33)23(27)24(18)35-16-8-13(11-28)7-15(9-16)14-1-2-14/h3-10,14H,1-2,12H2,(H,30,31)(H2,29,32,33). The van der Waals surface area contributed by atoms with Gasteiger partial charge in [-0.3, -0.25) is 4.79 Å². The Bertz CT molecular complexity index is 1500. The zero-order valence-electron chi connectivity index (χ0n) is 18.4. The van der Waals surface area contributed by atoms with Crippen LogP contribution in [0, 0.1) is 17.1 Å². The summed E-state index contributed by atoms with van der Waals surface area (Å²) in [5, 5.41) is 16.7. The molecule has 0 radical (unpaired) electrons.